The fraction of sp³-hybridized carbons (Fsp3) is 0.667. The van der Waals surface area contributed by atoms with Gasteiger partial charge < -0.3 is 9.64 Å². The highest BCUT2D eigenvalue weighted by atomic mass is 79.9. The Labute approximate surface area is 215 Å². The third kappa shape index (κ3) is 4.36. The van der Waals surface area contributed by atoms with Gasteiger partial charge in [-0.1, -0.05) is 15.9 Å². The summed E-state index contributed by atoms with van der Waals surface area (Å²) in [6.07, 6.45) is 6.72. The van der Waals surface area contributed by atoms with E-state index in [4.69, 9.17) is 4.74 Å². The minimum absolute atomic E-state index is 0.0656. The van der Waals surface area contributed by atoms with Crippen molar-refractivity contribution < 1.29 is 19.1 Å². The maximum absolute atomic E-state index is 14.4. The molecule has 4 bridgehead atoms. The van der Waals surface area contributed by atoms with E-state index in [1.54, 1.807) is 12.1 Å². The second kappa shape index (κ2) is 9.27. The van der Waals surface area contributed by atoms with Crippen molar-refractivity contribution in [3.05, 3.63) is 28.7 Å². The van der Waals surface area contributed by atoms with Crippen molar-refractivity contribution >= 4 is 39.3 Å². The standard InChI is InChI=1S/C27H34BrN3O4/c28-21-1-3-22(4-2-21)31-24(32)14-23(25(31)33)30(6-5-29-7-9-35-10-8-29)26(34)27-15-18-11-19(16-27)13-20(12-18)17-27/h1-4,18-20,23H,5-17H2. The molecule has 0 aromatic heterocycles. The maximum Gasteiger partial charge on any atom is 0.257 e. The summed E-state index contributed by atoms with van der Waals surface area (Å²) < 4.78 is 6.38. The van der Waals surface area contributed by atoms with Crippen LogP contribution in [0.25, 0.3) is 0 Å². The Morgan fingerprint density at radius 1 is 1.00 bits per heavy atom. The number of hydrogen-bond donors (Lipinski definition) is 0. The first-order valence-corrected chi connectivity index (χ1v) is 13.9. The van der Waals surface area contributed by atoms with Gasteiger partial charge in [-0.15, -0.1) is 0 Å². The molecule has 7 rings (SSSR count). The van der Waals surface area contributed by atoms with E-state index in [2.05, 4.69) is 20.8 Å². The van der Waals surface area contributed by atoms with Crippen LogP contribution in [0.5, 0.6) is 0 Å². The summed E-state index contributed by atoms with van der Waals surface area (Å²) in [5.74, 6) is 1.58. The number of benzene rings is 1. The van der Waals surface area contributed by atoms with Gasteiger partial charge in [-0.2, -0.15) is 0 Å². The van der Waals surface area contributed by atoms with E-state index in [9.17, 15) is 14.4 Å². The molecule has 0 radical (unpaired) electrons. The van der Waals surface area contributed by atoms with Gasteiger partial charge in [-0.3, -0.25) is 19.3 Å². The van der Waals surface area contributed by atoms with Gasteiger partial charge in [0.2, 0.25) is 11.8 Å². The average molecular weight is 544 g/mol. The molecule has 6 aliphatic rings. The molecule has 0 spiro atoms. The first-order valence-electron chi connectivity index (χ1n) is 13.2. The van der Waals surface area contributed by atoms with E-state index >= 15 is 0 Å². The highest BCUT2D eigenvalue weighted by Crippen LogP contribution is 2.60. The summed E-state index contributed by atoms with van der Waals surface area (Å²) in [4.78, 5) is 46.6. The largest absolute Gasteiger partial charge is 0.379 e. The zero-order valence-electron chi connectivity index (χ0n) is 20.2. The molecule has 1 aromatic rings. The Balaban J connectivity index is 1.27. The molecule has 35 heavy (non-hydrogen) atoms. The second-order valence-electron chi connectivity index (χ2n) is 11.4. The van der Waals surface area contributed by atoms with Crippen LogP contribution in [0, 0.1) is 23.2 Å². The Morgan fingerprint density at radius 3 is 2.20 bits per heavy atom. The summed E-state index contributed by atoms with van der Waals surface area (Å²) in [6, 6.07) is 6.51. The highest BCUT2D eigenvalue weighted by Gasteiger charge is 2.57. The van der Waals surface area contributed by atoms with Gasteiger partial charge in [0, 0.05) is 30.7 Å². The van der Waals surface area contributed by atoms with Crippen LogP contribution in [0.15, 0.2) is 28.7 Å². The summed E-state index contributed by atoms with van der Waals surface area (Å²) in [6.45, 7) is 4.25. The Morgan fingerprint density at radius 2 is 1.60 bits per heavy atom. The highest BCUT2D eigenvalue weighted by molar-refractivity contribution is 9.10. The van der Waals surface area contributed by atoms with Crippen LogP contribution < -0.4 is 4.90 Å². The van der Waals surface area contributed by atoms with Gasteiger partial charge in [0.25, 0.3) is 5.91 Å². The topological polar surface area (TPSA) is 70.2 Å². The molecular formula is C27H34BrN3O4. The van der Waals surface area contributed by atoms with Crippen LogP contribution in [0.1, 0.15) is 44.9 Å². The third-order valence-corrected chi connectivity index (χ3v) is 9.63. The molecule has 4 saturated carbocycles. The third-order valence-electron chi connectivity index (χ3n) is 9.10. The lowest BCUT2D eigenvalue weighted by Gasteiger charge is -2.57. The van der Waals surface area contributed by atoms with Crippen LogP contribution in [0.4, 0.5) is 5.69 Å². The number of amides is 3. The maximum atomic E-state index is 14.4. The second-order valence-corrected chi connectivity index (χ2v) is 12.3. The molecule has 3 amide bonds. The Bertz CT molecular complexity index is 971. The quantitative estimate of drug-likeness (QED) is 0.514. The molecule has 2 aliphatic heterocycles. The van der Waals surface area contributed by atoms with Crippen molar-refractivity contribution in [2.75, 3.05) is 44.3 Å². The number of nitrogens with zero attached hydrogens (tertiary/aromatic N) is 3. The van der Waals surface area contributed by atoms with E-state index < -0.39 is 6.04 Å². The monoisotopic (exact) mass is 543 g/mol. The van der Waals surface area contributed by atoms with Crippen LogP contribution in [-0.4, -0.2) is 73.0 Å². The molecule has 1 atom stereocenters. The normalized spacial score (nSPS) is 34.6. The number of ether oxygens (including phenoxy) is 1. The molecule has 1 aromatic carbocycles. The molecule has 6 fully saturated rings. The van der Waals surface area contributed by atoms with Crippen LogP contribution in [-0.2, 0) is 19.1 Å². The molecule has 7 nitrogen and oxygen atoms in total. The number of morpholine rings is 1. The molecule has 4 aliphatic carbocycles. The first-order chi connectivity index (χ1) is 16.9. The van der Waals surface area contributed by atoms with Gasteiger partial charge in [0.15, 0.2) is 0 Å². The van der Waals surface area contributed by atoms with E-state index in [0.29, 0.717) is 49.7 Å². The number of imide groups is 1. The predicted octanol–water partition coefficient (Wildman–Crippen LogP) is 3.46. The molecule has 0 N–H and O–H groups in total. The molecule has 8 heteroatoms. The Hall–Kier alpha value is -1.77. The summed E-state index contributed by atoms with van der Waals surface area (Å²) in [5, 5.41) is 0. The van der Waals surface area contributed by atoms with Crippen molar-refractivity contribution in [1.82, 2.24) is 9.80 Å². The van der Waals surface area contributed by atoms with Gasteiger partial charge in [0.1, 0.15) is 6.04 Å². The molecule has 188 valence electrons. The number of carbonyl (C=O) groups is 3. The SMILES string of the molecule is O=C1CC(N(CCN2CCOCC2)C(=O)C23CC4CC(CC(C4)C2)C3)C(=O)N1c1ccc(Br)cc1. The number of rotatable bonds is 6. The lowest BCUT2D eigenvalue weighted by atomic mass is 9.49. The lowest BCUT2D eigenvalue weighted by molar-refractivity contribution is -0.162. The van der Waals surface area contributed by atoms with E-state index in [-0.39, 0.29) is 29.6 Å². The molecular weight excluding hydrogens is 510 g/mol. The fourth-order valence-corrected chi connectivity index (χ4v) is 8.14. The molecule has 2 heterocycles. The number of halogens is 1. The van der Waals surface area contributed by atoms with Crippen LogP contribution >= 0.6 is 15.9 Å². The number of anilines is 1. The predicted molar refractivity (Wildman–Crippen MR) is 135 cm³/mol. The smallest absolute Gasteiger partial charge is 0.257 e. The molecule has 2 saturated heterocycles. The van der Waals surface area contributed by atoms with Crippen molar-refractivity contribution in [1.29, 1.82) is 0 Å². The minimum atomic E-state index is -0.715. The van der Waals surface area contributed by atoms with Crippen LogP contribution in [0.3, 0.4) is 0 Å². The van der Waals surface area contributed by atoms with Crippen molar-refractivity contribution in [2.24, 2.45) is 23.2 Å². The average Bonchev–Trinajstić information content (AvgIpc) is 3.13. The zero-order valence-corrected chi connectivity index (χ0v) is 21.7. The first kappa shape index (κ1) is 23.6. The van der Waals surface area contributed by atoms with E-state index in [0.717, 1.165) is 36.8 Å². The van der Waals surface area contributed by atoms with Crippen molar-refractivity contribution in [2.45, 2.75) is 51.0 Å². The van der Waals surface area contributed by atoms with Gasteiger partial charge in [-0.25, -0.2) is 4.90 Å². The van der Waals surface area contributed by atoms with Crippen molar-refractivity contribution in [3.63, 3.8) is 0 Å². The van der Waals surface area contributed by atoms with Gasteiger partial charge >= 0.3 is 0 Å². The van der Waals surface area contributed by atoms with Crippen molar-refractivity contribution in [3.8, 4) is 0 Å². The fourth-order valence-electron chi connectivity index (χ4n) is 7.87. The summed E-state index contributed by atoms with van der Waals surface area (Å²) in [7, 11) is 0. The van der Waals surface area contributed by atoms with Gasteiger partial charge in [-0.05, 0) is 80.5 Å². The van der Waals surface area contributed by atoms with Gasteiger partial charge in [0.05, 0.1) is 30.7 Å². The van der Waals surface area contributed by atoms with E-state index in [1.165, 1.54) is 24.2 Å². The number of carbonyl (C=O) groups excluding carboxylic acids is 3. The number of hydrogen-bond acceptors (Lipinski definition) is 5. The summed E-state index contributed by atoms with van der Waals surface area (Å²) in [5.41, 5.74) is 0.231. The minimum Gasteiger partial charge on any atom is -0.379 e. The zero-order chi connectivity index (χ0) is 24.2. The Kier molecular flexibility index (Phi) is 6.26. The van der Waals surface area contributed by atoms with Crippen LogP contribution in [0.2, 0.25) is 0 Å². The molecule has 1 unspecified atom stereocenters. The van der Waals surface area contributed by atoms with E-state index in [1.807, 2.05) is 17.0 Å². The summed E-state index contributed by atoms with van der Waals surface area (Å²) >= 11 is 3.42. The lowest BCUT2D eigenvalue weighted by Crippen LogP contribution is -2.58.